The van der Waals surface area contributed by atoms with Crippen LogP contribution >= 0.6 is 0 Å². The number of fused-ring (bicyclic) bond motifs is 16. The normalized spacial score (nSPS) is 19.2. The van der Waals surface area contributed by atoms with Gasteiger partial charge in [-0.1, -0.05) is 18.2 Å². The Labute approximate surface area is 248 Å². The summed E-state index contributed by atoms with van der Waals surface area (Å²) in [6.07, 6.45) is 5.73. The molecule has 0 amide bonds. The van der Waals surface area contributed by atoms with Gasteiger partial charge in [-0.25, -0.2) is 34.9 Å². The highest BCUT2D eigenvalue weighted by molar-refractivity contribution is 6.30. The minimum atomic E-state index is -0.295. The van der Waals surface area contributed by atoms with E-state index in [2.05, 4.69) is 4.98 Å². The molecule has 12 heteroatoms. The van der Waals surface area contributed by atoms with Gasteiger partial charge in [0.15, 0.2) is 35.0 Å². The molecule has 4 aliphatic heterocycles. The molecule has 12 nitrogen and oxygen atoms in total. The fourth-order valence-corrected chi connectivity index (χ4v) is 5.88. The number of H-pyrrole nitrogens is 1. The Kier molecular flexibility index (Phi) is 4.77. The number of nitrogens with zero attached hydrogens (tertiary/aromatic N) is 7. The standard InChI is InChI=1S/C32H22N12/c33-13-1-5-17-21(9-13)29-37-25(17)41-30-22-10-14(34)2-6-18(22)27(38-30)43-32-24-12-16(36)4-8-20(24)28(40-32)44-31-23-11-15(35)3-7-19(23)26(39-31)42-29/h1-13H,33-36H2,(H,37,38,39,40,41,42,43,44). The first-order chi connectivity index (χ1) is 21.4. The van der Waals surface area contributed by atoms with Crippen LogP contribution in [-0.4, -0.2) is 40.2 Å². The molecule has 9 rings (SSSR count). The van der Waals surface area contributed by atoms with Gasteiger partial charge in [0, 0.05) is 67.3 Å². The second-order valence-corrected chi connectivity index (χ2v) is 10.9. The lowest BCUT2D eigenvalue weighted by Gasteiger charge is -2.10. The molecule has 3 aromatic carbocycles. The minimum absolute atomic E-state index is 0.295. The number of anilines is 3. The van der Waals surface area contributed by atoms with E-state index in [1.165, 1.54) is 0 Å². The van der Waals surface area contributed by atoms with Crippen LogP contribution in [0.4, 0.5) is 17.1 Å². The average Bonchev–Trinajstić information content (AvgIpc) is 3.71. The number of hydrogen-bond acceptors (Lipinski definition) is 11. The molecule has 44 heavy (non-hydrogen) atoms. The molecule has 5 heterocycles. The van der Waals surface area contributed by atoms with E-state index in [9.17, 15) is 0 Å². The van der Waals surface area contributed by atoms with Gasteiger partial charge < -0.3 is 27.9 Å². The van der Waals surface area contributed by atoms with Gasteiger partial charge in [-0.05, 0) is 54.6 Å². The van der Waals surface area contributed by atoms with Crippen LogP contribution in [0.15, 0.2) is 125 Å². The van der Waals surface area contributed by atoms with Crippen LogP contribution in [-0.2, 0) is 0 Å². The van der Waals surface area contributed by atoms with Gasteiger partial charge in [0.2, 0.25) is 0 Å². The van der Waals surface area contributed by atoms with Crippen LogP contribution in [0.25, 0.3) is 10.8 Å². The van der Waals surface area contributed by atoms with Crippen molar-refractivity contribution in [2.75, 3.05) is 17.2 Å². The summed E-state index contributed by atoms with van der Waals surface area (Å²) in [5, 5.41) is 1.61. The SMILES string of the molecule is Nc1ccc2c(c1)C1=NC3=NC(=NC4=C5C=CC(N)C=C5C(=N4)N=c4[nH]c(c5cc(N)ccc45)=NC2=N1)c1cc(N)ccc13. The van der Waals surface area contributed by atoms with E-state index in [1.54, 1.807) is 0 Å². The molecular formula is C32H22N12. The second kappa shape index (κ2) is 8.63. The van der Waals surface area contributed by atoms with Crippen molar-refractivity contribution in [3.05, 3.63) is 123 Å². The first-order valence-corrected chi connectivity index (χ1v) is 13.9. The monoisotopic (exact) mass is 574 g/mol. The smallest absolute Gasteiger partial charge is 0.164 e. The summed E-state index contributed by atoms with van der Waals surface area (Å²) >= 11 is 0. The zero-order valence-corrected chi connectivity index (χ0v) is 22.9. The Bertz CT molecular complexity index is 2430. The van der Waals surface area contributed by atoms with Gasteiger partial charge in [0.05, 0.1) is 0 Å². The van der Waals surface area contributed by atoms with E-state index >= 15 is 0 Å². The van der Waals surface area contributed by atoms with E-state index < -0.39 is 0 Å². The van der Waals surface area contributed by atoms with Crippen LogP contribution in [0.5, 0.6) is 0 Å². The van der Waals surface area contributed by atoms with Gasteiger partial charge in [-0.3, -0.25) is 0 Å². The quantitative estimate of drug-likeness (QED) is 0.200. The number of rotatable bonds is 0. The van der Waals surface area contributed by atoms with Crippen LogP contribution in [0.1, 0.15) is 22.3 Å². The van der Waals surface area contributed by atoms with Crippen LogP contribution in [0.2, 0.25) is 0 Å². The summed E-state index contributed by atoms with van der Waals surface area (Å²) in [6, 6.07) is 16.4. The molecule has 0 saturated carbocycles. The minimum Gasteiger partial charge on any atom is -0.399 e. The van der Waals surface area contributed by atoms with Crippen LogP contribution < -0.4 is 33.9 Å². The van der Waals surface area contributed by atoms with Crippen molar-refractivity contribution in [1.82, 2.24) is 4.98 Å². The molecule has 0 saturated heterocycles. The van der Waals surface area contributed by atoms with Crippen molar-refractivity contribution in [3.63, 3.8) is 0 Å². The third kappa shape index (κ3) is 3.58. The zero-order chi connectivity index (χ0) is 29.7. The largest absolute Gasteiger partial charge is 0.399 e. The summed E-state index contributed by atoms with van der Waals surface area (Å²) in [7, 11) is 0. The average molecular weight is 575 g/mol. The molecule has 1 aliphatic carbocycles. The van der Waals surface area contributed by atoms with Crippen molar-refractivity contribution in [2.45, 2.75) is 6.04 Å². The van der Waals surface area contributed by atoms with E-state index in [4.69, 9.17) is 57.9 Å². The Morgan fingerprint density at radius 1 is 0.545 bits per heavy atom. The highest BCUT2D eigenvalue weighted by Gasteiger charge is 2.30. The Balaban J connectivity index is 1.40. The van der Waals surface area contributed by atoms with E-state index in [-0.39, 0.29) is 6.04 Å². The van der Waals surface area contributed by atoms with Crippen LogP contribution in [0, 0.1) is 0 Å². The van der Waals surface area contributed by atoms with E-state index in [0.29, 0.717) is 63.0 Å². The summed E-state index contributed by atoms with van der Waals surface area (Å²) in [5.41, 5.74) is 32.4. The van der Waals surface area contributed by atoms with Crippen molar-refractivity contribution < 1.29 is 0 Å². The first kappa shape index (κ1) is 24.3. The van der Waals surface area contributed by atoms with Crippen molar-refractivity contribution in [2.24, 2.45) is 40.7 Å². The summed E-state index contributed by atoms with van der Waals surface area (Å²) in [4.78, 5) is 37.8. The topological polar surface area (TPSA) is 206 Å². The molecule has 1 aromatic heterocycles. The number of aromatic nitrogens is 1. The summed E-state index contributed by atoms with van der Waals surface area (Å²) < 4.78 is 0. The highest BCUT2D eigenvalue weighted by Crippen LogP contribution is 2.33. The number of benzene rings is 3. The number of aliphatic imine (C=N–C) groups is 5. The van der Waals surface area contributed by atoms with Crippen molar-refractivity contribution in [1.29, 1.82) is 0 Å². The number of nitrogens with one attached hydrogen (secondary N) is 1. The van der Waals surface area contributed by atoms with E-state index in [0.717, 1.165) is 44.2 Å². The molecule has 0 fully saturated rings. The van der Waals surface area contributed by atoms with Crippen molar-refractivity contribution >= 4 is 57.0 Å². The second-order valence-electron chi connectivity index (χ2n) is 10.9. The van der Waals surface area contributed by atoms with E-state index in [1.807, 2.05) is 72.8 Å². The van der Waals surface area contributed by atoms with Gasteiger partial charge in [0.1, 0.15) is 11.0 Å². The number of hydrogen-bond donors (Lipinski definition) is 5. The fourth-order valence-electron chi connectivity index (χ4n) is 5.88. The third-order valence-corrected chi connectivity index (χ3v) is 7.95. The molecule has 4 aromatic rings. The number of nitrogens with two attached hydrogens (primary N) is 4. The lowest BCUT2D eigenvalue weighted by atomic mass is 9.98. The number of amidine groups is 5. The fraction of sp³-hybridized carbons (Fsp3) is 0.0312. The number of aromatic amines is 1. The zero-order valence-electron chi connectivity index (χ0n) is 22.9. The molecule has 9 N–H and O–H groups in total. The molecule has 0 spiro atoms. The van der Waals surface area contributed by atoms with Gasteiger partial charge >= 0.3 is 0 Å². The number of allylic oxidation sites excluding steroid dienone is 1. The number of nitrogen functional groups attached to an aromatic ring is 3. The summed E-state index contributed by atoms with van der Waals surface area (Å²) in [6.45, 7) is 0. The predicted molar refractivity (Wildman–Crippen MR) is 173 cm³/mol. The molecule has 0 radical (unpaired) electrons. The predicted octanol–water partition coefficient (Wildman–Crippen LogP) is 2.03. The lowest BCUT2D eigenvalue weighted by molar-refractivity contribution is 1.01. The lowest BCUT2D eigenvalue weighted by Crippen LogP contribution is -2.20. The molecule has 5 aliphatic rings. The maximum Gasteiger partial charge on any atom is 0.164 e. The molecule has 210 valence electrons. The van der Waals surface area contributed by atoms with Crippen LogP contribution in [0.3, 0.4) is 0 Å². The summed E-state index contributed by atoms with van der Waals surface area (Å²) in [5.74, 6) is 2.68. The Morgan fingerprint density at radius 2 is 1.09 bits per heavy atom. The highest BCUT2D eigenvalue weighted by atomic mass is 15.1. The van der Waals surface area contributed by atoms with Gasteiger partial charge in [-0.2, -0.15) is 0 Å². The molecule has 1 unspecified atom stereocenters. The Hall–Kier alpha value is -6.27. The molecule has 8 bridgehead atoms. The Morgan fingerprint density at radius 3 is 1.82 bits per heavy atom. The van der Waals surface area contributed by atoms with Gasteiger partial charge in [-0.15, -0.1) is 0 Å². The maximum atomic E-state index is 6.29. The first-order valence-electron chi connectivity index (χ1n) is 13.9. The third-order valence-electron chi connectivity index (χ3n) is 7.95. The van der Waals surface area contributed by atoms with Gasteiger partial charge in [0.25, 0.3) is 0 Å². The molecular weight excluding hydrogens is 552 g/mol. The maximum absolute atomic E-state index is 6.29. The molecule has 1 atom stereocenters. The van der Waals surface area contributed by atoms with Crippen molar-refractivity contribution in [3.8, 4) is 0 Å².